The molecule has 9 heteroatoms. The van der Waals surface area contributed by atoms with Gasteiger partial charge in [-0.2, -0.15) is 10.2 Å². The van der Waals surface area contributed by atoms with E-state index in [2.05, 4.69) is 20.5 Å². The van der Waals surface area contributed by atoms with Gasteiger partial charge in [0.15, 0.2) is 9.84 Å². The summed E-state index contributed by atoms with van der Waals surface area (Å²) in [5.74, 6) is 0. The van der Waals surface area contributed by atoms with Crippen LogP contribution in [0.3, 0.4) is 0 Å². The van der Waals surface area contributed by atoms with Gasteiger partial charge in [-0.05, 0) is 30.3 Å². The molecule has 0 saturated carbocycles. The van der Waals surface area contributed by atoms with Crippen LogP contribution in [0.25, 0.3) is 0 Å². The summed E-state index contributed by atoms with van der Waals surface area (Å²) in [4.78, 5) is -0.134. The molecule has 0 aliphatic heterocycles. The lowest BCUT2D eigenvalue weighted by Gasteiger charge is -2.11. The van der Waals surface area contributed by atoms with E-state index in [1.165, 1.54) is 6.07 Å². The van der Waals surface area contributed by atoms with E-state index >= 15 is 0 Å². The Bertz CT molecular complexity index is 1140. The first-order valence-electron chi connectivity index (χ1n) is 8.22. The number of benzene rings is 3. The van der Waals surface area contributed by atoms with E-state index in [1.807, 2.05) is 24.3 Å². The first-order valence-corrected chi connectivity index (χ1v) is 10.1. The standard InChI is InChI=1S/C19H18N6O2S/c1-28(26,27)16-12-15(24-22-13-8-4-2-5-9-13)17(20)19(18(16)21)25-23-14-10-6-3-7-11-14/h2-12H,20-21H2,1H3. The SMILES string of the molecule is CS(=O)(=O)c1cc(N=Nc2ccccc2)c(N)c(N=Nc2ccccc2)c1N. The van der Waals surface area contributed by atoms with Crippen LogP contribution in [0.5, 0.6) is 0 Å². The molecular formula is C19H18N6O2S. The molecule has 142 valence electrons. The maximum atomic E-state index is 12.2. The van der Waals surface area contributed by atoms with E-state index in [1.54, 1.807) is 36.4 Å². The van der Waals surface area contributed by atoms with E-state index in [0.29, 0.717) is 11.4 Å². The van der Waals surface area contributed by atoms with Crippen molar-refractivity contribution >= 4 is 44.0 Å². The van der Waals surface area contributed by atoms with Gasteiger partial charge in [-0.1, -0.05) is 36.4 Å². The van der Waals surface area contributed by atoms with Crippen molar-refractivity contribution in [3.63, 3.8) is 0 Å². The Labute approximate surface area is 162 Å². The van der Waals surface area contributed by atoms with Gasteiger partial charge in [0.1, 0.15) is 11.4 Å². The first-order chi connectivity index (χ1) is 13.4. The number of rotatable bonds is 5. The van der Waals surface area contributed by atoms with Crippen LogP contribution in [0.1, 0.15) is 0 Å². The molecule has 0 aliphatic carbocycles. The molecule has 4 N–H and O–H groups in total. The maximum Gasteiger partial charge on any atom is 0.177 e. The van der Waals surface area contributed by atoms with E-state index < -0.39 is 9.84 Å². The van der Waals surface area contributed by atoms with E-state index in [4.69, 9.17) is 11.5 Å². The molecule has 0 radical (unpaired) electrons. The molecule has 8 nitrogen and oxygen atoms in total. The third-order valence-corrected chi connectivity index (χ3v) is 4.91. The Morgan fingerprint density at radius 1 is 0.714 bits per heavy atom. The monoisotopic (exact) mass is 394 g/mol. The first kappa shape index (κ1) is 19.2. The van der Waals surface area contributed by atoms with Crippen molar-refractivity contribution in [1.82, 2.24) is 0 Å². The summed E-state index contributed by atoms with van der Waals surface area (Å²) >= 11 is 0. The molecule has 0 saturated heterocycles. The minimum atomic E-state index is -3.65. The lowest BCUT2D eigenvalue weighted by atomic mass is 10.2. The number of nitrogens with zero attached hydrogens (tertiary/aromatic N) is 4. The molecule has 0 spiro atoms. The van der Waals surface area contributed by atoms with Gasteiger partial charge in [0, 0.05) is 6.26 Å². The second-order valence-electron chi connectivity index (χ2n) is 5.91. The minimum Gasteiger partial charge on any atom is -0.396 e. The van der Waals surface area contributed by atoms with Gasteiger partial charge in [-0.25, -0.2) is 8.42 Å². The van der Waals surface area contributed by atoms with Crippen molar-refractivity contribution in [3.05, 3.63) is 66.7 Å². The minimum absolute atomic E-state index is 0.0359. The van der Waals surface area contributed by atoms with Gasteiger partial charge in [0.2, 0.25) is 0 Å². The molecule has 3 aromatic carbocycles. The van der Waals surface area contributed by atoms with Crippen LogP contribution in [-0.2, 0) is 9.84 Å². The van der Waals surface area contributed by atoms with Crippen molar-refractivity contribution < 1.29 is 8.42 Å². The zero-order valence-corrected chi connectivity index (χ0v) is 15.8. The van der Waals surface area contributed by atoms with Gasteiger partial charge >= 0.3 is 0 Å². The molecule has 3 rings (SSSR count). The van der Waals surface area contributed by atoms with Crippen LogP contribution >= 0.6 is 0 Å². The fourth-order valence-corrected chi connectivity index (χ4v) is 3.19. The third-order valence-electron chi connectivity index (χ3n) is 3.77. The van der Waals surface area contributed by atoms with Crippen LogP contribution < -0.4 is 11.5 Å². The molecule has 0 aliphatic rings. The highest BCUT2D eigenvalue weighted by molar-refractivity contribution is 7.90. The highest BCUT2D eigenvalue weighted by atomic mass is 32.2. The number of hydrogen-bond donors (Lipinski definition) is 2. The average molecular weight is 394 g/mol. The van der Waals surface area contributed by atoms with Crippen LogP contribution in [-0.4, -0.2) is 14.7 Å². The van der Waals surface area contributed by atoms with Crippen LogP contribution in [0, 0.1) is 0 Å². The number of hydrogen-bond acceptors (Lipinski definition) is 8. The largest absolute Gasteiger partial charge is 0.396 e. The lowest BCUT2D eigenvalue weighted by molar-refractivity contribution is 0.602. The summed E-state index contributed by atoms with van der Waals surface area (Å²) < 4.78 is 24.3. The molecule has 0 fully saturated rings. The van der Waals surface area contributed by atoms with Gasteiger partial charge in [0.25, 0.3) is 0 Å². The molecular weight excluding hydrogens is 376 g/mol. The molecule has 0 heterocycles. The smallest absolute Gasteiger partial charge is 0.177 e. The summed E-state index contributed by atoms with van der Waals surface area (Å²) in [6, 6.07) is 19.2. The van der Waals surface area contributed by atoms with Crippen LogP contribution in [0.15, 0.2) is 92.1 Å². The summed E-state index contributed by atoms with van der Waals surface area (Å²) in [6.07, 6.45) is 1.05. The predicted molar refractivity (Wildman–Crippen MR) is 110 cm³/mol. The quantitative estimate of drug-likeness (QED) is 0.460. The Morgan fingerprint density at radius 2 is 1.21 bits per heavy atom. The van der Waals surface area contributed by atoms with Crippen molar-refractivity contribution in [2.75, 3.05) is 17.7 Å². The average Bonchev–Trinajstić information content (AvgIpc) is 2.68. The Balaban J connectivity index is 2.12. The summed E-state index contributed by atoms with van der Waals surface area (Å²) in [5, 5.41) is 16.3. The number of nitrogen functional groups attached to an aromatic ring is 2. The van der Waals surface area contributed by atoms with Crippen LogP contribution in [0.2, 0.25) is 0 Å². The molecule has 3 aromatic rings. The number of nitrogens with two attached hydrogens (primary N) is 2. The summed E-state index contributed by atoms with van der Waals surface area (Å²) in [6.45, 7) is 0. The summed E-state index contributed by atoms with van der Waals surface area (Å²) in [5.41, 5.74) is 13.5. The zero-order chi connectivity index (χ0) is 20.1. The fraction of sp³-hybridized carbons (Fsp3) is 0.0526. The molecule has 0 atom stereocenters. The third kappa shape index (κ3) is 4.38. The van der Waals surface area contributed by atoms with Crippen molar-refractivity contribution in [2.24, 2.45) is 20.5 Å². The van der Waals surface area contributed by atoms with E-state index in [9.17, 15) is 8.42 Å². The molecule has 28 heavy (non-hydrogen) atoms. The van der Waals surface area contributed by atoms with Crippen LogP contribution in [0.4, 0.5) is 34.1 Å². The van der Waals surface area contributed by atoms with Gasteiger partial charge in [0.05, 0.1) is 27.6 Å². The molecule has 0 aromatic heterocycles. The Morgan fingerprint density at radius 3 is 1.71 bits per heavy atom. The van der Waals surface area contributed by atoms with Crippen molar-refractivity contribution in [2.45, 2.75) is 4.90 Å². The van der Waals surface area contributed by atoms with Gasteiger partial charge in [-0.15, -0.1) is 10.2 Å². The lowest BCUT2D eigenvalue weighted by Crippen LogP contribution is -2.04. The molecule has 0 unspecified atom stereocenters. The molecule has 0 amide bonds. The normalized spacial score (nSPS) is 12.0. The van der Waals surface area contributed by atoms with Crippen molar-refractivity contribution in [1.29, 1.82) is 0 Å². The summed E-state index contributed by atoms with van der Waals surface area (Å²) in [7, 11) is -3.65. The zero-order valence-electron chi connectivity index (χ0n) is 15.0. The predicted octanol–water partition coefficient (Wildman–Crippen LogP) is 5.09. The second kappa shape index (κ2) is 7.97. The van der Waals surface area contributed by atoms with E-state index in [0.717, 1.165) is 6.26 Å². The topological polar surface area (TPSA) is 136 Å². The highest BCUT2D eigenvalue weighted by Crippen LogP contribution is 2.43. The fourth-order valence-electron chi connectivity index (χ4n) is 2.37. The van der Waals surface area contributed by atoms with Gasteiger partial charge in [-0.3, -0.25) is 0 Å². The maximum absolute atomic E-state index is 12.2. The second-order valence-corrected chi connectivity index (χ2v) is 7.90. The number of azo groups is 2. The number of anilines is 2. The van der Waals surface area contributed by atoms with E-state index in [-0.39, 0.29) is 27.6 Å². The van der Waals surface area contributed by atoms with Gasteiger partial charge < -0.3 is 11.5 Å². The Hall–Kier alpha value is -3.59. The van der Waals surface area contributed by atoms with Crippen molar-refractivity contribution in [3.8, 4) is 0 Å². The highest BCUT2D eigenvalue weighted by Gasteiger charge is 2.20. The number of sulfone groups is 1. The Kier molecular flexibility index (Phi) is 5.46. The molecule has 0 bridgehead atoms.